The molecule has 4 rings (SSSR count). The van der Waals surface area contributed by atoms with Crippen molar-refractivity contribution < 1.29 is 44.7 Å². The summed E-state index contributed by atoms with van der Waals surface area (Å²) in [5, 5.41) is 12.3. The number of fused-ring (bicyclic) bond motifs is 1. The van der Waals surface area contributed by atoms with Crippen LogP contribution in [0, 0.1) is 64.4 Å². The number of carbonyl (C=O) groups is 2. The number of nitriles is 1. The van der Waals surface area contributed by atoms with Crippen molar-refractivity contribution in [3.63, 3.8) is 0 Å². The number of halogens is 8. The van der Waals surface area contributed by atoms with Crippen LogP contribution >= 0.6 is 0 Å². The van der Waals surface area contributed by atoms with Gasteiger partial charge in [-0.05, 0) is 0 Å². The zero-order chi connectivity index (χ0) is 25.2. The standard InChI is InChI=1S/C20H2F8N4O2/c1-30-18-12(25)7(11(24)14(27)15(18)28)17-5-4(19(33)32-17)16(31-20(5)34)6-8(21)3(2-29)9(22)13(26)10(6)23/h(H,31,34)(H,32,33). The lowest BCUT2D eigenvalue weighted by Crippen LogP contribution is -2.24. The monoisotopic (exact) mass is 482 g/mol. The van der Waals surface area contributed by atoms with Crippen LogP contribution in [0.3, 0.4) is 0 Å². The Morgan fingerprint density at radius 2 is 1.09 bits per heavy atom. The molecule has 0 aromatic heterocycles. The lowest BCUT2D eigenvalue weighted by molar-refractivity contribution is -0.117. The molecule has 2 aliphatic heterocycles. The Morgan fingerprint density at radius 3 is 1.53 bits per heavy atom. The minimum absolute atomic E-state index is 0.942. The second-order valence-electron chi connectivity index (χ2n) is 6.62. The first-order valence-corrected chi connectivity index (χ1v) is 8.59. The van der Waals surface area contributed by atoms with Crippen LogP contribution in [0.15, 0.2) is 11.1 Å². The Morgan fingerprint density at radius 1 is 0.647 bits per heavy atom. The molecule has 0 spiro atoms. The summed E-state index contributed by atoms with van der Waals surface area (Å²) in [4.78, 5) is 27.3. The molecule has 0 saturated carbocycles. The van der Waals surface area contributed by atoms with E-state index in [1.165, 1.54) is 0 Å². The third-order valence-electron chi connectivity index (χ3n) is 4.91. The van der Waals surface area contributed by atoms with Crippen molar-refractivity contribution in [2.45, 2.75) is 0 Å². The lowest BCUT2D eigenvalue weighted by atomic mass is 9.99. The maximum Gasteiger partial charge on any atom is 0.260 e. The first kappa shape index (κ1) is 22.5. The van der Waals surface area contributed by atoms with Crippen molar-refractivity contribution in [2.24, 2.45) is 0 Å². The molecule has 2 aliphatic rings. The maximum atomic E-state index is 14.6. The fourth-order valence-corrected chi connectivity index (χ4v) is 3.45. The van der Waals surface area contributed by atoms with E-state index in [9.17, 15) is 44.7 Å². The molecule has 2 N–H and O–H groups in total. The van der Waals surface area contributed by atoms with E-state index < -0.39 is 103 Å². The number of hydrogen-bond acceptors (Lipinski definition) is 3. The summed E-state index contributed by atoms with van der Waals surface area (Å²) >= 11 is 0. The molecule has 2 aromatic rings. The smallest absolute Gasteiger partial charge is 0.260 e. The molecular formula is C20H2F8N4O2. The van der Waals surface area contributed by atoms with Crippen molar-refractivity contribution in [1.82, 2.24) is 10.6 Å². The normalized spacial score (nSPS) is 14.8. The van der Waals surface area contributed by atoms with Gasteiger partial charge in [0.1, 0.15) is 17.4 Å². The third kappa shape index (κ3) is 2.72. The van der Waals surface area contributed by atoms with Crippen molar-refractivity contribution in [3.05, 3.63) is 85.8 Å². The molecule has 0 fully saturated rings. The summed E-state index contributed by atoms with van der Waals surface area (Å²) in [6.45, 7) is 6.74. The lowest BCUT2D eigenvalue weighted by Gasteiger charge is -2.12. The first-order valence-electron chi connectivity index (χ1n) is 8.59. The zero-order valence-corrected chi connectivity index (χ0v) is 15.7. The highest BCUT2D eigenvalue weighted by Crippen LogP contribution is 2.42. The van der Waals surface area contributed by atoms with E-state index >= 15 is 0 Å². The maximum absolute atomic E-state index is 14.6. The van der Waals surface area contributed by atoms with Crippen LogP contribution in [0.4, 0.5) is 40.8 Å². The fraction of sp³-hybridized carbons (Fsp3) is 0. The quantitative estimate of drug-likeness (QED) is 0.297. The molecule has 0 bridgehead atoms. The summed E-state index contributed by atoms with van der Waals surface area (Å²) in [5.74, 6) is -20.5. The summed E-state index contributed by atoms with van der Waals surface area (Å²) in [7, 11) is 0. The van der Waals surface area contributed by atoms with Gasteiger partial charge in [-0.15, -0.1) is 0 Å². The highest BCUT2D eigenvalue weighted by molar-refractivity contribution is 6.30. The van der Waals surface area contributed by atoms with E-state index in [2.05, 4.69) is 4.85 Å². The van der Waals surface area contributed by atoms with Crippen molar-refractivity contribution in [3.8, 4) is 6.07 Å². The van der Waals surface area contributed by atoms with Gasteiger partial charge in [0.25, 0.3) is 17.5 Å². The second-order valence-corrected chi connectivity index (χ2v) is 6.62. The molecule has 0 radical (unpaired) electrons. The Hall–Kier alpha value is -4.72. The van der Waals surface area contributed by atoms with Crippen molar-refractivity contribution in [1.29, 1.82) is 5.26 Å². The Bertz CT molecular complexity index is 1430. The van der Waals surface area contributed by atoms with Gasteiger partial charge in [-0.3, -0.25) is 9.59 Å². The highest BCUT2D eigenvalue weighted by atomic mass is 19.2. The molecule has 0 unspecified atom stereocenters. The number of nitrogens with one attached hydrogen (secondary N) is 2. The summed E-state index contributed by atoms with van der Waals surface area (Å²) in [6, 6.07) is 0.942. The van der Waals surface area contributed by atoms with Gasteiger partial charge >= 0.3 is 0 Å². The average Bonchev–Trinajstić information content (AvgIpc) is 3.30. The molecule has 6 nitrogen and oxygen atoms in total. The van der Waals surface area contributed by atoms with Crippen LogP contribution in [0.1, 0.15) is 16.7 Å². The van der Waals surface area contributed by atoms with Gasteiger partial charge in [0.2, 0.25) is 0 Å². The zero-order valence-electron chi connectivity index (χ0n) is 15.7. The van der Waals surface area contributed by atoms with Crippen LogP contribution in [0.25, 0.3) is 16.2 Å². The largest absolute Gasteiger partial charge is 0.320 e. The van der Waals surface area contributed by atoms with Crippen molar-refractivity contribution >= 4 is 28.9 Å². The molecule has 2 amide bonds. The van der Waals surface area contributed by atoms with Crippen LogP contribution in [-0.2, 0) is 9.59 Å². The predicted molar refractivity (Wildman–Crippen MR) is 93.7 cm³/mol. The van der Waals surface area contributed by atoms with Crippen LogP contribution in [-0.4, -0.2) is 11.8 Å². The van der Waals surface area contributed by atoms with Gasteiger partial charge in [-0.2, -0.15) is 5.26 Å². The summed E-state index contributed by atoms with van der Waals surface area (Å²) in [6.07, 6.45) is 0. The molecule has 0 aliphatic carbocycles. The number of amides is 2. The topological polar surface area (TPSA) is 86.3 Å². The van der Waals surface area contributed by atoms with Crippen LogP contribution < -0.4 is 10.6 Å². The van der Waals surface area contributed by atoms with Crippen LogP contribution in [0.5, 0.6) is 0 Å². The molecule has 34 heavy (non-hydrogen) atoms. The Kier molecular flexibility index (Phi) is 4.90. The highest BCUT2D eigenvalue weighted by Gasteiger charge is 2.45. The van der Waals surface area contributed by atoms with Gasteiger partial charge in [0.15, 0.2) is 40.7 Å². The molecule has 2 aromatic carbocycles. The molecule has 0 atom stereocenters. The van der Waals surface area contributed by atoms with Gasteiger partial charge in [-0.1, -0.05) is 0 Å². The molecule has 0 saturated heterocycles. The summed E-state index contributed by atoms with van der Waals surface area (Å²) < 4.78 is 113. The first-order chi connectivity index (χ1) is 16.0. The number of carbonyl (C=O) groups excluding carboxylic acids is 2. The fourth-order valence-electron chi connectivity index (χ4n) is 3.45. The number of rotatable bonds is 2. The number of hydrogen-bond donors (Lipinski definition) is 2. The minimum atomic E-state index is -2.33. The van der Waals surface area contributed by atoms with Gasteiger partial charge < -0.3 is 10.6 Å². The van der Waals surface area contributed by atoms with Gasteiger partial charge in [0.05, 0.1) is 40.2 Å². The molecule has 170 valence electrons. The molecule has 2 heterocycles. The minimum Gasteiger partial charge on any atom is -0.320 e. The predicted octanol–water partition coefficient (Wildman–Crippen LogP) is 3.60. The summed E-state index contributed by atoms with van der Waals surface area (Å²) in [5.41, 5.74) is -10.7. The average molecular weight is 482 g/mol. The molecular weight excluding hydrogens is 480 g/mol. The van der Waals surface area contributed by atoms with E-state index in [4.69, 9.17) is 11.8 Å². The van der Waals surface area contributed by atoms with Crippen molar-refractivity contribution in [2.75, 3.05) is 0 Å². The van der Waals surface area contributed by atoms with E-state index in [0.717, 1.165) is 6.07 Å². The molecule has 14 heteroatoms. The Balaban J connectivity index is 2.10. The number of nitrogens with zero attached hydrogens (tertiary/aromatic N) is 2. The van der Waals surface area contributed by atoms with E-state index in [1.807, 2.05) is 0 Å². The van der Waals surface area contributed by atoms with Gasteiger partial charge in [0, 0.05) is 0 Å². The van der Waals surface area contributed by atoms with Crippen LogP contribution in [0.2, 0.25) is 0 Å². The van der Waals surface area contributed by atoms with E-state index in [0.29, 0.717) is 0 Å². The third-order valence-corrected chi connectivity index (χ3v) is 4.91. The van der Waals surface area contributed by atoms with E-state index in [1.54, 1.807) is 10.6 Å². The number of benzene rings is 2. The van der Waals surface area contributed by atoms with Gasteiger partial charge in [-0.25, -0.2) is 40.0 Å². The Labute approximate surface area is 182 Å². The SMILES string of the molecule is [C-]#[N+]c1c(F)c(F)c(F)c(C2=C3C(=O)NC(c4c(F)c(F)c(F)c(C#N)c4F)=C3C(=O)N2)c1F. The van der Waals surface area contributed by atoms with E-state index in [-0.39, 0.29) is 0 Å². The second kappa shape index (κ2) is 7.41.